The topological polar surface area (TPSA) is 86.5 Å². The number of nitrogens with two attached hydrogens (primary N) is 1. The summed E-state index contributed by atoms with van der Waals surface area (Å²) < 4.78 is 11.1. The number of methoxy groups -OCH3 is 1. The number of aromatic nitrogens is 1. The van der Waals surface area contributed by atoms with E-state index in [2.05, 4.69) is 10.3 Å². The molecule has 0 unspecified atom stereocenters. The molecule has 2 aromatic rings. The van der Waals surface area contributed by atoms with Crippen molar-refractivity contribution in [3.8, 4) is 11.5 Å². The Kier molecular flexibility index (Phi) is 5.18. The molecule has 0 saturated carbocycles. The van der Waals surface area contributed by atoms with Gasteiger partial charge in [0.05, 0.1) is 12.6 Å². The third kappa shape index (κ3) is 4.69. The lowest BCUT2D eigenvalue weighted by Crippen LogP contribution is -2.45. The van der Waals surface area contributed by atoms with Crippen molar-refractivity contribution in [3.05, 3.63) is 48.3 Å². The van der Waals surface area contributed by atoms with Crippen LogP contribution in [0.15, 0.2) is 42.7 Å². The van der Waals surface area contributed by atoms with Gasteiger partial charge in [-0.2, -0.15) is 0 Å². The quantitative estimate of drug-likeness (QED) is 0.854. The van der Waals surface area contributed by atoms with Gasteiger partial charge in [-0.25, -0.2) is 0 Å². The second-order valence-electron chi connectivity index (χ2n) is 5.69. The minimum Gasteiger partial charge on any atom is -0.493 e. The van der Waals surface area contributed by atoms with Gasteiger partial charge in [0.2, 0.25) is 5.91 Å². The first kappa shape index (κ1) is 16.8. The lowest BCUT2D eigenvalue weighted by Gasteiger charge is -2.18. The molecule has 6 heteroatoms. The molecule has 23 heavy (non-hydrogen) atoms. The van der Waals surface area contributed by atoms with Crippen LogP contribution in [0.3, 0.4) is 0 Å². The van der Waals surface area contributed by atoms with E-state index >= 15 is 0 Å². The van der Waals surface area contributed by atoms with Crippen molar-refractivity contribution in [3.63, 3.8) is 0 Å². The number of nitrogens with one attached hydrogen (secondary N) is 1. The highest BCUT2D eigenvalue weighted by Crippen LogP contribution is 2.31. The van der Waals surface area contributed by atoms with Gasteiger partial charge in [-0.05, 0) is 43.7 Å². The normalized spacial score (nSPS) is 11.0. The van der Waals surface area contributed by atoms with Gasteiger partial charge in [-0.3, -0.25) is 9.78 Å². The molecule has 122 valence electrons. The predicted molar refractivity (Wildman–Crippen MR) is 88.5 cm³/mol. The van der Waals surface area contributed by atoms with E-state index in [0.29, 0.717) is 23.8 Å². The maximum atomic E-state index is 12.0. The van der Waals surface area contributed by atoms with Crippen LogP contribution in [0.2, 0.25) is 0 Å². The molecule has 0 fully saturated rings. The Balaban J connectivity index is 2.14. The standard InChI is InChI=1S/C17H21N3O3/c1-17(2,18)16(21)20-13-4-5-14(22-3)15(10-13)23-11-12-6-8-19-9-7-12/h4-10H,11,18H2,1-3H3,(H,20,21). The number of rotatable bonds is 6. The van der Waals surface area contributed by atoms with E-state index in [-0.39, 0.29) is 5.91 Å². The monoisotopic (exact) mass is 315 g/mol. The molecular formula is C17H21N3O3. The molecule has 3 N–H and O–H groups in total. The van der Waals surface area contributed by atoms with Crippen molar-refractivity contribution in [2.24, 2.45) is 5.73 Å². The Labute approximate surface area is 135 Å². The SMILES string of the molecule is COc1ccc(NC(=O)C(C)(C)N)cc1OCc1ccncc1. The summed E-state index contributed by atoms with van der Waals surface area (Å²) in [4.78, 5) is 15.9. The highest BCUT2D eigenvalue weighted by atomic mass is 16.5. The fourth-order valence-corrected chi connectivity index (χ4v) is 1.80. The van der Waals surface area contributed by atoms with Crippen LogP contribution in [0.25, 0.3) is 0 Å². The van der Waals surface area contributed by atoms with E-state index in [1.807, 2.05) is 12.1 Å². The number of anilines is 1. The van der Waals surface area contributed by atoms with Gasteiger partial charge in [0.25, 0.3) is 0 Å². The molecule has 0 bridgehead atoms. The zero-order valence-electron chi connectivity index (χ0n) is 13.5. The van der Waals surface area contributed by atoms with Gasteiger partial charge in [0.15, 0.2) is 11.5 Å². The Hall–Kier alpha value is -2.60. The van der Waals surface area contributed by atoms with Gasteiger partial charge >= 0.3 is 0 Å². The lowest BCUT2D eigenvalue weighted by molar-refractivity contribution is -0.120. The molecule has 0 aliphatic heterocycles. The van der Waals surface area contributed by atoms with Crippen LogP contribution in [0.4, 0.5) is 5.69 Å². The number of benzene rings is 1. The van der Waals surface area contributed by atoms with Crippen LogP contribution >= 0.6 is 0 Å². The molecular weight excluding hydrogens is 294 g/mol. The van der Waals surface area contributed by atoms with E-state index in [1.54, 1.807) is 51.6 Å². The van der Waals surface area contributed by atoms with Gasteiger partial charge in [0.1, 0.15) is 6.61 Å². The third-order valence-corrected chi connectivity index (χ3v) is 3.15. The second kappa shape index (κ2) is 7.11. The largest absolute Gasteiger partial charge is 0.493 e. The first-order chi connectivity index (χ1) is 10.9. The van der Waals surface area contributed by atoms with Crippen LogP contribution in [-0.4, -0.2) is 23.5 Å². The lowest BCUT2D eigenvalue weighted by atomic mass is 10.1. The Bertz CT molecular complexity index is 667. The number of hydrogen-bond acceptors (Lipinski definition) is 5. The molecule has 1 aromatic heterocycles. The zero-order valence-corrected chi connectivity index (χ0v) is 13.5. The molecule has 0 aliphatic carbocycles. The Morgan fingerprint density at radius 3 is 2.52 bits per heavy atom. The smallest absolute Gasteiger partial charge is 0.243 e. The fraction of sp³-hybridized carbons (Fsp3) is 0.294. The van der Waals surface area contributed by atoms with Crippen LogP contribution in [0.5, 0.6) is 11.5 Å². The van der Waals surface area contributed by atoms with Crippen molar-refractivity contribution in [2.75, 3.05) is 12.4 Å². The molecule has 0 spiro atoms. The molecule has 1 heterocycles. The molecule has 6 nitrogen and oxygen atoms in total. The number of hydrogen-bond donors (Lipinski definition) is 2. The minimum atomic E-state index is -0.960. The molecule has 1 amide bonds. The maximum Gasteiger partial charge on any atom is 0.243 e. The van der Waals surface area contributed by atoms with E-state index in [4.69, 9.17) is 15.2 Å². The van der Waals surface area contributed by atoms with Gasteiger partial charge in [-0.1, -0.05) is 0 Å². The van der Waals surface area contributed by atoms with Crippen molar-refractivity contribution in [1.29, 1.82) is 0 Å². The summed E-state index contributed by atoms with van der Waals surface area (Å²) >= 11 is 0. The van der Waals surface area contributed by atoms with Gasteiger partial charge < -0.3 is 20.5 Å². The number of nitrogens with zero attached hydrogens (tertiary/aromatic N) is 1. The average molecular weight is 315 g/mol. The summed E-state index contributed by atoms with van der Waals surface area (Å²) in [7, 11) is 1.57. The maximum absolute atomic E-state index is 12.0. The number of pyridine rings is 1. The van der Waals surface area contributed by atoms with Gasteiger partial charge in [-0.15, -0.1) is 0 Å². The Morgan fingerprint density at radius 1 is 1.22 bits per heavy atom. The van der Waals surface area contributed by atoms with Crippen LogP contribution in [0.1, 0.15) is 19.4 Å². The summed E-state index contributed by atoms with van der Waals surface area (Å²) in [6.07, 6.45) is 3.41. The summed E-state index contributed by atoms with van der Waals surface area (Å²) in [5.41, 5.74) is 6.40. The highest BCUT2D eigenvalue weighted by molar-refractivity contribution is 5.97. The summed E-state index contributed by atoms with van der Waals surface area (Å²) in [5.74, 6) is 0.851. The van der Waals surface area contributed by atoms with Crippen molar-refractivity contribution in [1.82, 2.24) is 4.98 Å². The van der Waals surface area contributed by atoms with E-state index in [9.17, 15) is 4.79 Å². The average Bonchev–Trinajstić information content (AvgIpc) is 2.53. The Morgan fingerprint density at radius 2 is 1.91 bits per heavy atom. The molecule has 2 rings (SSSR count). The van der Waals surface area contributed by atoms with E-state index < -0.39 is 5.54 Å². The molecule has 0 saturated heterocycles. The summed E-state index contributed by atoms with van der Waals surface area (Å²) in [6.45, 7) is 3.66. The number of ether oxygens (including phenoxy) is 2. The van der Waals surface area contributed by atoms with Crippen LogP contribution in [0, 0.1) is 0 Å². The second-order valence-corrected chi connectivity index (χ2v) is 5.69. The number of carbonyl (C=O) groups excluding carboxylic acids is 1. The number of carbonyl (C=O) groups is 1. The first-order valence-corrected chi connectivity index (χ1v) is 7.20. The molecule has 0 atom stereocenters. The fourth-order valence-electron chi connectivity index (χ4n) is 1.80. The van der Waals surface area contributed by atoms with Crippen LogP contribution < -0.4 is 20.5 Å². The summed E-state index contributed by atoms with van der Waals surface area (Å²) in [5, 5.41) is 2.76. The molecule has 0 aliphatic rings. The van der Waals surface area contributed by atoms with Crippen molar-refractivity contribution in [2.45, 2.75) is 26.0 Å². The van der Waals surface area contributed by atoms with E-state index in [1.165, 1.54) is 0 Å². The first-order valence-electron chi connectivity index (χ1n) is 7.20. The zero-order chi connectivity index (χ0) is 16.9. The van der Waals surface area contributed by atoms with Crippen LogP contribution in [-0.2, 0) is 11.4 Å². The number of amides is 1. The summed E-state index contributed by atoms with van der Waals surface area (Å²) in [6, 6.07) is 8.93. The van der Waals surface area contributed by atoms with Gasteiger partial charge in [0, 0.05) is 24.1 Å². The molecule has 1 aromatic carbocycles. The predicted octanol–water partition coefficient (Wildman–Crippen LogP) is 2.34. The highest BCUT2D eigenvalue weighted by Gasteiger charge is 2.22. The van der Waals surface area contributed by atoms with Crippen molar-refractivity contribution >= 4 is 11.6 Å². The third-order valence-electron chi connectivity index (χ3n) is 3.15. The van der Waals surface area contributed by atoms with E-state index in [0.717, 1.165) is 5.56 Å². The molecule has 0 radical (unpaired) electrons. The van der Waals surface area contributed by atoms with Crippen molar-refractivity contribution < 1.29 is 14.3 Å². The minimum absolute atomic E-state index is 0.275.